The van der Waals surface area contributed by atoms with Gasteiger partial charge in [0.25, 0.3) is 5.89 Å². The highest BCUT2D eigenvalue weighted by atomic mass is 79.9. The average Bonchev–Trinajstić information content (AvgIpc) is 3.29. The van der Waals surface area contributed by atoms with Crippen LogP contribution in [0.15, 0.2) is 60.8 Å². The highest BCUT2D eigenvalue weighted by Gasteiger charge is 2.35. The third-order valence-electron chi connectivity index (χ3n) is 4.93. The number of carbonyl (C=O) groups excluding carboxylic acids is 1. The molecule has 3 heterocycles. The van der Waals surface area contributed by atoms with Gasteiger partial charge in [0.15, 0.2) is 10.4 Å². The number of aromatic nitrogens is 2. The number of benzene rings is 1. The van der Waals surface area contributed by atoms with Gasteiger partial charge < -0.3 is 18.8 Å². The van der Waals surface area contributed by atoms with Crippen LogP contribution in [0, 0.1) is 0 Å². The maximum Gasteiger partial charge on any atom is 0.437 e. The van der Waals surface area contributed by atoms with Crippen molar-refractivity contribution in [2.24, 2.45) is 0 Å². The minimum atomic E-state index is -0.942. The summed E-state index contributed by atoms with van der Waals surface area (Å²) in [4.78, 5) is 26.2. The van der Waals surface area contributed by atoms with Gasteiger partial charge in [-0.2, -0.15) is 4.68 Å². The Bertz CT molecular complexity index is 1030. The van der Waals surface area contributed by atoms with Crippen LogP contribution in [0.4, 0.5) is 0 Å². The fourth-order valence-electron chi connectivity index (χ4n) is 3.33. The smallest absolute Gasteiger partial charge is 0.437 e. The lowest BCUT2D eigenvalue weighted by atomic mass is 9.84. The van der Waals surface area contributed by atoms with Gasteiger partial charge in [0.05, 0.1) is 5.60 Å². The van der Waals surface area contributed by atoms with E-state index in [0.29, 0.717) is 36.4 Å². The van der Waals surface area contributed by atoms with Crippen LogP contribution in [0.25, 0.3) is 11.7 Å². The normalized spacial score (nSPS) is 16.3. The summed E-state index contributed by atoms with van der Waals surface area (Å²) < 4.78 is 11.8. The Morgan fingerprint density at radius 3 is 2.50 bits per heavy atom. The largest absolute Gasteiger partial charge is 0.444 e. The van der Waals surface area contributed by atoms with Gasteiger partial charge in [-0.25, -0.2) is 4.79 Å². The van der Waals surface area contributed by atoms with Gasteiger partial charge in [0.1, 0.15) is 6.54 Å². The number of rotatable bonds is 4. The van der Waals surface area contributed by atoms with E-state index in [-0.39, 0.29) is 18.3 Å². The quantitative estimate of drug-likeness (QED) is 0.658. The lowest BCUT2D eigenvalue weighted by Crippen LogP contribution is -2.46. The van der Waals surface area contributed by atoms with Crippen molar-refractivity contribution in [1.29, 1.82) is 0 Å². The number of nitrogens with zero attached hydrogens (tertiary/aromatic N) is 3. The second kappa shape index (κ2) is 7.40. The van der Waals surface area contributed by atoms with Gasteiger partial charge in [0.2, 0.25) is 5.91 Å². The molecule has 0 bridgehead atoms. The van der Waals surface area contributed by atoms with Crippen molar-refractivity contribution in [3.63, 3.8) is 0 Å². The summed E-state index contributed by atoms with van der Waals surface area (Å²) in [5.74, 6) is -0.673. The van der Waals surface area contributed by atoms with E-state index in [1.54, 1.807) is 17.0 Å². The zero-order valence-electron chi connectivity index (χ0n) is 14.9. The second-order valence-corrected chi connectivity index (χ2v) is 7.49. The molecule has 28 heavy (non-hydrogen) atoms. The predicted molar refractivity (Wildman–Crippen MR) is 102 cm³/mol. The average molecular weight is 448 g/mol. The van der Waals surface area contributed by atoms with Gasteiger partial charge in [-0.05, 0) is 46.5 Å². The molecule has 0 unspecified atom stereocenters. The summed E-state index contributed by atoms with van der Waals surface area (Å²) in [6, 6.07) is 12.7. The fraction of sp³-hybridized carbons (Fsp3) is 0.316. The Kier molecular flexibility index (Phi) is 4.94. The van der Waals surface area contributed by atoms with Crippen molar-refractivity contribution in [1.82, 2.24) is 14.7 Å². The number of hydrogen-bond acceptors (Lipinski definition) is 6. The Morgan fingerprint density at radius 1 is 1.14 bits per heavy atom. The maximum atomic E-state index is 12.6. The Labute approximate surface area is 168 Å². The molecule has 146 valence electrons. The van der Waals surface area contributed by atoms with Crippen LogP contribution < -0.4 is 5.76 Å². The van der Waals surface area contributed by atoms with Crippen LogP contribution in [0.1, 0.15) is 18.4 Å². The first-order chi connectivity index (χ1) is 13.4. The van der Waals surface area contributed by atoms with Crippen molar-refractivity contribution in [2.75, 3.05) is 13.1 Å². The topological polar surface area (TPSA) is 102 Å². The van der Waals surface area contributed by atoms with Gasteiger partial charge in [-0.3, -0.25) is 4.79 Å². The molecule has 1 aromatic carbocycles. The number of piperidine rings is 1. The van der Waals surface area contributed by atoms with E-state index in [2.05, 4.69) is 21.0 Å². The molecule has 1 saturated heterocycles. The summed E-state index contributed by atoms with van der Waals surface area (Å²) in [5.41, 5.74) is -0.0909. The van der Waals surface area contributed by atoms with E-state index in [1.165, 1.54) is 0 Å². The van der Waals surface area contributed by atoms with Crippen LogP contribution in [-0.2, 0) is 16.9 Å². The van der Waals surface area contributed by atoms with Gasteiger partial charge >= 0.3 is 5.76 Å². The molecule has 2 aromatic heterocycles. The van der Waals surface area contributed by atoms with E-state index >= 15 is 0 Å². The monoisotopic (exact) mass is 447 g/mol. The van der Waals surface area contributed by atoms with Crippen LogP contribution in [-0.4, -0.2) is 38.8 Å². The van der Waals surface area contributed by atoms with Gasteiger partial charge in [-0.1, -0.05) is 30.3 Å². The molecule has 0 aliphatic carbocycles. The Hall–Kier alpha value is -2.65. The van der Waals surface area contributed by atoms with Crippen LogP contribution in [0.2, 0.25) is 0 Å². The molecule has 1 amide bonds. The number of carbonyl (C=O) groups is 1. The molecule has 1 N–H and O–H groups in total. The van der Waals surface area contributed by atoms with Crippen LogP contribution >= 0.6 is 15.9 Å². The highest BCUT2D eigenvalue weighted by molar-refractivity contribution is 9.10. The lowest BCUT2D eigenvalue weighted by Gasteiger charge is -2.38. The molecule has 1 aliphatic heterocycles. The number of amides is 1. The minimum absolute atomic E-state index is 0.0144. The van der Waals surface area contributed by atoms with Crippen molar-refractivity contribution < 1.29 is 18.7 Å². The van der Waals surface area contributed by atoms with Crippen molar-refractivity contribution in [3.05, 3.63) is 63.2 Å². The van der Waals surface area contributed by atoms with Gasteiger partial charge in [-0.15, -0.1) is 5.10 Å². The molecule has 1 fully saturated rings. The first-order valence-electron chi connectivity index (χ1n) is 8.84. The molecule has 4 rings (SSSR count). The fourth-order valence-corrected chi connectivity index (χ4v) is 3.63. The van der Waals surface area contributed by atoms with Crippen LogP contribution in [0.5, 0.6) is 0 Å². The molecule has 3 aromatic rings. The first kappa shape index (κ1) is 18.7. The van der Waals surface area contributed by atoms with Crippen molar-refractivity contribution in [3.8, 4) is 11.7 Å². The highest BCUT2D eigenvalue weighted by Crippen LogP contribution is 2.32. The number of likely N-dealkylation sites (tertiary alicyclic amines) is 1. The standard InChI is InChI=1S/C19H18BrN3O5/c20-15-7-6-14(27-15)17-21-23(18(25)28-17)12-16(24)22-10-8-19(26,9-11-22)13-4-2-1-3-5-13/h1-7,26H,8-12H2. The third kappa shape index (κ3) is 3.67. The summed E-state index contributed by atoms with van der Waals surface area (Å²) in [6.07, 6.45) is 0.865. The van der Waals surface area contributed by atoms with Gasteiger partial charge in [0, 0.05) is 13.1 Å². The molecular formula is C19H18BrN3O5. The summed E-state index contributed by atoms with van der Waals surface area (Å²) in [7, 11) is 0. The molecule has 8 nitrogen and oxygen atoms in total. The maximum absolute atomic E-state index is 12.6. The predicted octanol–water partition coefficient (Wildman–Crippen LogP) is 2.37. The number of furan rings is 1. The molecule has 9 heteroatoms. The third-order valence-corrected chi connectivity index (χ3v) is 5.36. The summed E-state index contributed by atoms with van der Waals surface area (Å²) >= 11 is 3.17. The second-order valence-electron chi connectivity index (χ2n) is 6.71. The number of hydrogen-bond donors (Lipinski definition) is 1. The zero-order chi connectivity index (χ0) is 19.7. The molecule has 0 atom stereocenters. The SMILES string of the molecule is O=C(Cn1nc(-c2ccc(Br)o2)oc1=O)N1CCC(O)(c2ccccc2)CC1. The summed E-state index contributed by atoms with van der Waals surface area (Å²) in [6.45, 7) is 0.567. The minimum Gasteiger partial charge on any atom is -0.444 e. The lowest BCUT2D eigenvalue weighted by molar-refractivity contribution is -0.136. The van der Waals surface area contributed by atoms with Crippen LogP contribution in [0.3, 0.4) is 0 Å². The Morgan fingerprint density at radius 2 is 1.86 bits per heavy atom. The van der Waals surface area contributed by atoms with E-state index in [9.17, 15) is 14.7 Å². The zero-order valence-corrected chi connectivity index (χ0v) is 16.5. The van der Waals surface area contributed by atoms with Crippen molar-refractivity contribution >= 4 is 21.8 Å². The molecule has 0 saturated carbocycles. The van der Waals surface area contributed by atoms with E-state index in [1.807, 2.05) is 30.3 Å². The Balaban J connectivity index is 1.41. The van der Waals surface area contributed by atoms with E-state index < -0.39 is 11.4 Å². The molecular weight excluding hydrogens is 430 g/mol. The van der Waals surface area contributed by atoms with Crippen molar-refractivity contribution in [2.45, 2.75) is 25.0 Å². The first-order valence-corrected chi connectivity index (χ1v) is 9.63. The molecule has 0 spiro atoms. The summed E-state index contributed by atoms with van der Waals surface area (Å²) in [5, 5.41) is 14.9. The number of aliphatic hydroxyl groups is 1. The van der Waals surface area contributed by atoms with E-state index in [4.69, 9.17) is 8.83 Å². The molecule has 0 radical (unpaired) electrons. The molecule has 1 aliphatic rings. The number of halogens is 1. The van der Waals surface area contributed by atoms with E-state index in [0.717, 1.165) is 10.2 Å².